The molecule has 130 valence electrons. The second kappa shape index (κ2) is 6.24. The largest absolute Gasteiger partial charge is 0.468 e. The van der Waals surface area contributed by atoms with Crippen LogP contribution in [0.1, 0.15) is 31.9 Å². The number of nitrogens with zero attached hydrogens (tertiary/aromatic N) is 2. The second-order valence-corrected chi connectivity index (χ2v) is 7.47. The van der Waals surface area contributed by atoms with Gasteiger partial charge in [-0.05, 0) is 43.2 Å². The van der Waals surface area contributed by atoms with E-state index in [2.05, 4.69) is 10.2 Å². The van der Waals surface area contributed by atoms with E-state index >= 15 is 0 Å². The molecule has 2 aliphatic heterocycles. The highest BCUT2D eigenvalue weighted by Crippen LogP contribution is 2.36. The number of amides is 2. The molecule has 3 aliphatic rings. The Kier molecular flexibility index (Phi) is 4.08. The average molecular weight is 331 g/mol. The van der Waals surface area contributed by atoms with E-state index in [0.717, 1.165) is 38.4 Å². The van der Waals surface area contributed by atoms with Crippen LogP contribution in [0.3, 0.4) is 0 Å². The summed E-state index contributed by atoms with van der Waals surface area (Å²) in [6.07, 6.45) is 4.90. The van der Waals surface area contributed by atoms with Gasteiger partial charge < -0.3 is 14.6 Å². The van der Waals surface area contributed by atoms with Gasteiger partial charge in [0, 0.05) is 32.6 Å². The smallest absolute Gasteiger partial charge is 0.242 e. The number of furan rings is 1. The Morgan fingerprint density at radius 3 is 2.83 bits per heavy atom. The summed E-state index contributed by atoms with van der Waals surface area (Å²) in [6.45, 7) is 4.85. The van der Waals surface area contributed by atoms with E-state index in [1.165, 1.54) is 12.8 Å². The van der Waals surface area contributed by atoms with E-state index in [1.54, 1.807) is 13.2 Å². The van der Waals surface area contributed by atoms with Crippen molar-refractivity contribution in [3.8, 4) is 0 Å². The zero-order valence-corrected chi connectivity index (χ0v) is 14.1. The number of fused-ring (bicyclic) bond motifs is 1. The molecular weight excluding hydrogens is 306 g/mol. The Hall–Kier alpha value is -1.82. The third-order valence-corrected chi connectivity index (χ3v) is 5.59. The van der Waals surface area contributed by atoms with Crippen molar-refractivity contribution in [2.45, 2.75) is 44.8 Å². The summed E-state index contributed by atoms with van der Waals surface area (Å²) in [5, 5.41) is 3.05. The van der Waals surface area contributed by atoms with Crippen LogP contribution < -0.4 is 5.32 Å². The summed E-state index contributed by atoms with van der Waals surface area (Å²) in [6, 6.07) is 3.73. The minimum atomic E-state index is -0.290. The highest BCUT2D eigenvalue weighted by molar-refractivity contribution is 5.88. The molecule has 0 bridgehead atoms. The highest BCUT2D eigenvalue weighted by Gasteiger charge is 2.50. The minimum Gasteiger partial charge on any atom is -0.468 e. The summed E-state index contributed by atoms with van der Waals surface area (Å²) in [5.41, 5.74) is 0. The van der Waals surface area contributed by atoms with Gasteiger partial charge in [0.25, 0.3) is 0 Å². The van der Waals surface area contributed by atoms with Crippen LogP contribution in [0.4, 0.5) is 0 Å². The molecule has 0 aromatic carbocycles. The SMILES string of the molecule is CC(=O)N1[C@@H](C(=O)NCC2CC2)C[C@@H]2CN(Cc3ccco3)C[C@@H]21. The molecule has 1 saturated carbocycles. The van der Waals surface area contributed by atoms with Gasteiger partial charge in [-0.3, -0.25) is 14.5 Å². The van der Waals surface area contributed by atoms with Crippen molar-refractivity contribution in [2.24, 2.45) is 11.8 Å². The maximum Gasteiger partial charge on any atom is 0.242 e. The predicted octanol–water partition coefficient (Wildman–Crippen LogP) is 1.23. The third kappa shape index (κ3) is 3.07. The van der Waals surface area contributed by atoms with Crippen LogP contribution in [0.15, 0.2) is 22.8 Å². The second-order valence-electron chi connectivity index (χ2n) is 7.47. The van der Waals surface area contributed by atoms with E-state index in [4.69, 9.17) is 4.42 Å². The molecule has 3 atom stereocenters. The van der Waals surface area contributed by atoms with Crippen molar-refractivity contribution in [3.63, 3.8) is 0 Å². The molecule has 2 amide bonds. The van der Waals surface area contributed by atoms with E-state index in [1.807, 2.05) is 17.0 Å². The molecule has 0 radical (unpaired) electrons. The molecule has 1 aromatic rings. The zero-order chi connectivity index (χ0) is 16.7. The standard InChI is InChI=1S/C18H25N3O3/c1-12(22)21-16(18(23)19-8-13-4-5-13)7-14-9-20(11-17(14)21)10-15-3-2-6-24-15/h2-3,6,13-14,16-17H,4-5,7-11H2,1H3,(H,19,23)/t14-,16-,17+/m1/s1. The summed E-state index contributed by atoms with van der Waals surface area (Å²) in [7, 11) is 0. The Bertz CT molecular complexity index is 611. The third-order valence-electron chi connectivity index (χ3n) is 5.59. The fraction of sp³-hybridized carbons (Fsp3) is 0.667. The molecule has 1 aromatic heterocycles. The molecule has 1 N–H and O–H groups in total. The number of likely N-dealkylation sites (tertiary alicyclic amines) is 2. The Morgan fingerprint density at radius 2 is 2.17 bits per heavy atom. The van der Waals surface area contributed by atoms with E-state index in [-0.39, 0.29) is 23.9 Å². The van der Waals surface area contributed by atoms with Gasteiger partial charge in [-0.2, -0.15) is 0 Å². The van der Waals surface area contributed by atoms with Gasteiger partial charge in [-0.25, -0.2) is 0 Å². The van der Waals surface area contributed by atoms with Gasteiger partial charge in [-0.1, -0.05) is 0 Å². The lowest BCUT2D eigenvalue weighted by molar-refractivity contribution is -0.138. The van der Waals surface area contributed by atoms with Crippen LogP contribution in [0, 0.1) is 11.8 Å². The Labute approximate surface area is 142 Å². The van der Waals surface area contributed by atoms with E-state index < -0.39 is 0 Å². The number of hydrogen-bond donors (Lipinski definition) is 1. The Balaban J connectivity index is 1.39. The van der Waals surface area contributed by atoms with Crippen molar-refractivity contribution in [3.05, 3.63) is 24.2 Å². The number of nitrogens with one attached hydrogen (secondary N) is 1. The van der Waals surface area contributed by atoms with Gasteiger partial charge in [0.1, 0.15) is 11.8 Å². The lowest BCUT2D eigenvalue weighted by Crippen LogP contribution is -2.50. The average Bonchev–Trinajstić information content (AvgIpc) is 2.93. The van der Waals surface area contributed by atoms with Crippen LogP contribution in [0.5, 0.6) is 0 Å². The van der Waals surface area contributed by atoms with Crippen molar-refractivity contribution in [1.29, 1.82) is 0 Å². The van der Waals surface area contributed by atoms with Crippen LogP contribution in [0.25, 0.3) is 0 Å². The Morgan fingerprint density at radius 1 is 1.33 bits per heavy atom. The molecule has 3 fully saturated rings. The van der Waals surface area contributed by atoms with Crippen LogP contribution in [-0.2, 0) is 16.1 Å². The maximum atomic E-state index is 12.5. The molecular formula is C18H25N3O3. The summed E-state index contributed by atoms with van der Waals surface area (Å²) < 4.78 is 5.43. The van der Waals surface area contributed by atoms with Crippen LogP contribution in [-0.4, -0.2) is 53.3 Å². The van der Waals surface area contributed by atoms with Crippen molar-refractivity contribution in [1.82, 2.24) is 15.1 Å². The van der Waals surface area contributed by atoms with Crippen molar-refractivity contribution in [2.75, 3.05) is 19.6 Å². The van der Waals surface area contributed by atoms with Crippen molar-refractivity contribution >= 4 is 11.8 Å². The monoisotopic (exact) mass is 331 g/mol. The first-order chi connectivity index (χ1) is 11.6. The molecule has 1 aliphatic carbocycles. The quantitative estimate of drug-likeness (QED) is 0.881. The first-order valence-electron chi connectivity index (χ1n) is 8.93. The minimum absolute atomic E-state index is 0.00826. The molecule has 4 rings (SSSR count). The number of carbonyl (C=O) groups excluding carboxylic acids is 2. The number of hydrogen-bond acceptors (Lipinski definition) is 4. The molecule has 24 heavy (non-hydrogen) atoms. The first-order valence-corrected chi connectivity index (χ1v) is 8.93. The fourth-order valence-corrected chi connectivity index (χ4v) is 4.24. The highest BCUT2D eigenvalue weighted by atomic mass is 16.3. The van der Waals surface area contributed by atoms with Crippen molar-refractivity contribution < 1.29 is 14.0 Å². The molecule has 0 unspecified atom stereocenters. The molecule has 6 heteroatoms. The normalized spacial score (nSPS) is 29.7. The lowest BCUT2D eigenvalue weighted by atomic mass is 10.0. The fourth-order valence-electron chi connectivity index (χ4n) is 4.24. The van der Waals surface area contributed by atoms with Gasteiger partial charge in [-0.15, -0.1) is 0 Å². The number of rotatable bonds is 5. The molecule has 3 heterocycles. The van der Waals surface area contributed by atoms with Gasteiger partial charge in [0.2, 0.25) is 11.8 Å². The van der Waals surface area contributed by atoms with Crippen LogP contribution >= 0.6 is 0 Å². The van der Waals surface area contributed by atoms with Gasteiger partial charge in [0.05, 0.1) is 12.8 Å². The topological polar surface area (TPSA) is 65.8 Å². The lowest BCUT2D eigenvalue weighted by Gasteiger charge is -2.29. The van der Waals surface area contributed by atoms with E-state index in [9.17, 15) is 9.59 Å². The van der Waals surface area contributed by atoms with Crippen LogP contribution in [0.2, 0.25) is 0 Å². The summed E-state index contributed by atoms with van der Waals surface area (Å²) in [4.78, 5) is 28.9. The van der Waals surface area contributed by atoms with Gasteiger partial charge in [0.15, 0.2) is 0 Å². The number of carbonyl (C=O) groups is 2. The molecule has 6 nitrogen and oxygen atoms in total. The summed E-state index contributed by atoms with van der Waals surface area (Å²) in [5.74, 6) is 2.02. The van der Waals surface area contributed by atoms with E-state index in [0.29, 0.717) is 11.8 Å². The van der Waals surface area contributed by atoms with Gasteiger partial charge >= 0.3 is 0 Å². The molecule has 0 spiro atoms. The molecule has 2 saturated heterocycles. The predicted molar refractivity (Wildman–Crippen MR) is 87.9 cm³/mol. The zero-order valence-electron chi connectivity index (χ0n) is 14.1. The first kappa shape index (κ1) is 15.7. The maximum absolute atomic E-state index is 12.5. The summed E-state index contributed by atoms with van der Waals surface area (Å²) >= 11 is 0.